The zero-order valence-electron chi connectivity index (χ0n) is 9.47. The van der Waals surface area contributed by atoms with Gasteiger partial charge in [-0.15, -0.1) is 0 Å². The number of rotatable bonds is 0. The van der Waals surface area contributed by atoms with Crippen LogP contribution >= 0.6 is 0 Å². The molecular formula is C12H9AsNaO. The molecule has 0 saturated carbocycles. The molecule has 0 bridgehead atoms. The molecule has 69 valence electrons. The van der Waals surface area contributed by atoms with Crippen molar-refractivity contribution in [2.75, 3.05) is 0 Å². The van der Waals surface area contributed by atoms with E-state index < -0.39 is 0 Å². The van der Waals surface area contributed by atoms with E-state index in [0.717, 1.165) is 11.5 Å². The molecule has 1 aliphatic rings. The van der Waals surface area contributed by atoms with Gasteiger partial charge < -0.3 is 1.43 Å². The zero-order chi connectivity index (χ0) is 9.38. The predicted octanol–water partition coefficient (Wildman–Crippen LogP) is -1.44. The maximum atomic E-state index is 5.80. The standard InChI is InChI=1S/C12H8AsO.Na.H/c1-3-7-11-9(5-1)13-10-6-2-4-8-12(10)14-11;;/h1-8H;;/q;+1;-1. The molecule has 2 aromatic rings. The van der Waals surface area contributed by atoms with Gasteiger partial charge in [-0.3, -0.25) is 0 Å². The van der Waals surface area contributed by atoms with E-state index in [0.29, 0.717) is 0 Å². The average molecular weight is 267 g/mol. The SMILES string of the molecule is [H-].[Na+].c1ccc2c(c1)Oc1ccccc1[As]2. The Bertz CT molecular complexity index is 402. The third kappa shape index (κ3) is 2.16. The summed E-state index contributed by atoms with van der Waals surface area (Å²) in [5.74, 6) is 2.07. The maximum absolute atomic E-state index is 5.80. The Morgan fingerprint density at radius 3 is 1.80 bits per heavy atom. The van der Waals surface area contributed by atoms with Gasteiger partial charge in [0.2, 0.25) is 0 Å². The van der Waals surface area contributed by atoms with Crippen LogP contribution < -0.4 is 43.0 Å². The van der Waals surface area contributed by atoms with Gasteiger partial charge >= 0.3 is 119 Å². The molecule has 0 unspecified atom stereocenters. The Kier molecular flexibility index (Phi) is 3.58. The summed E-state index contributed by atoms with van der Waals surface area (Å²) in [7, 11) is 0. The van der Waals surface area contributed by atoms with Crippen molar-refractivity contribution in [2.45, 2.75) is 0 Å². The first kappa shape index (κ1) is 11.3. The fourth-order valence-corrected chi connectivity index (χ4v) is 3.71. The van der Waals surface area contributed by atoms with Crippen LogP contribution in [-0.4, -0.2) is 15.8 Å². The van der Waals surface area contributed by atoms with E-state index in [1.807, 2.05) is 24.3 Å². The fourth-order valence-electron chi connectivity index (χ4n) is 1.52. The molecule has 1 heterocycles. The van der Waals surface area contributed by atoms with Gasteiger partial charge in [-0.1, -0.05) is 0 Å². The minimum atomic E-state index is 0. The summed E-state index contributed by atoms with van der Waals surface area (Å²) in [4.78, 5) is 0. The summed E-state index contributed by atoms with van der Waals surface area (Å²) in [5, 5.41) is 0. The van der Waals surface area contributed by atoms with E-state index in [1.54, 1.807) is 0 Å². The van der Waals surface area contributed by atoms with Gasteiger partial charge in [-0.05, 0) is 0 Å². The van der Waals surface area contributed by atoms with Crippen molar-refractivity contribution in [2.24, 2.45) is 0 Å². The Labute approximate surface area is 119 Å². The first-order chi connectivity index (χ1) is 6.93. The topological polar surface area (TPSA) is 9.23 Å². The Hall–Kier alpha value is -0.202. The summed E-state index contributed by atoms with van der Waals surface area (Å²) < 4.78 is 8.53. The second-order valence-corrected chi connectivity index (χ2v) is 5.64. The third-order valence-corrected chi connectivity index (χ3v) is 4.75. The second-order valence-electron chi connectivity index (χ2n) is 3.15. The molecule has 3 rings (SSSR count). The predicted molar refractivity (Wildman–Crippen MR) is 59.1 cm³/mol. The number of ether oxygens (including phenoxy) is 1. The third-order valence-electron chi connectivity index (χ3n) is 2.19. The molecule has 0 spiro atoms. The van der Waals surface area contributed by atoms with Crippen LogP contribution in [0, 0.1) is 0 Å². The van der Waals surface area contributed by atoms with Crippen molar-refractivity contribution in [3.63, 3.8) is 0 Å². The van der Waals surface area contributed by atoms with E-state index in [-0.39, 0.29) is 46.7 Å². The van der Waals surface area contributed by atoms with E-state index in [1.165, 1.54) is 8.70 Å². The fraction of sp³-hybridized carbons (Fsp3) is 0. The Morgan fingerprint density at radius 1 is 0.800 bits per heavy atom. The number of fused-ring (bicyclic) bond motifs is 2. The van der Waals surface area contributed by atoms with Crippen molar-refractivity contribution in [1.29, 1.82) is 0 Å². The molecule has 0 atom stereocenters. The van der Waals surface area contributed by atoms with Crippen LogP contribution in [0.15, 0.2) is 48.5 Å². The molecule has 0 fully saturated rings. The molecule has 0 aliphatic carbocycles. The molecule has 0 saturated heterocycles. The summed E-state index contributed by atoms with van der Waals surface area (Å²) in [6, 6.07) is 16.6. The van der Waals surface area contributed by atoms with E-state index in [2.05, 4.69) is 24.3 Å². The summed E-state index contributed by atoms with van der Waals surface area (Å²) in [6.45, 7) is 0. The van der Waals surface area contributed by atoms with Crippen molar-refractivity contribution >= 4 is 24.5 Å². The summed E-state index contributed by atoms with van der Waals surface area (Å²) in [6.07, 6.45) is 0. The molecule has 1 radical (unpaired) electrons. The van der Waals surface area contributed by atoms with Crippen LogP contribution in [-0.2, 0) is 0 Å². The van der Waals surface area contributed by atoms with Gasteiger partial charge in [0.1, 0.15) is 0 Å². The number of benzene rings is 2. The number of hydrogen-bond donors (Lipinski definition) is 0. The molecule has 1 aliphatic heterocycles. The van der Waals surface area contributed by atoms with E-state index >= 15 is 0 Å². The molecule has 3 heteroatoms. The summed E-state index contributed by atoms with van der Waals surface area (Å²) in [5.41, 5.74) is 0. The van der Waals surface area contributed by atoms with Crippen molar-refractivity contribution in [3.05, 3.63) is 48.5 Å². The zero-order valence-corrected chi connectivity index (χ0v) is 12.4. The summed E-state index contributed by atoms with van der Waals surface area (Å²) >= 11 is 0.102. The molecule has 0 amide bonds. The van der Waals surface area contributed by atoms with E-state index in [4.69, 9.17) is 4.74 Å². The molecule has 15 heavy (non-hydrogen) atoms. The molecule has 0 aromatic heterocycles. The van der Waals surface area contributed by atoms with Crippen molar-refractivity contribution < 1.29 is 35.7 Å². The quantitative estimate of drug-likeness (QED) is 0.454. The van der Waals surface area contributed by atoms with Crippen LogP contribution in [0.5, 0.6) is 11.5 Å². The van der Waals surface area contributed by atoms with Crippen LogP contribution in [0.2, 0.25) is 0 Å². The van der Waals surface area contributed by atoms with Crippen molar-refractivity contribution in [3.8, 4) is 11.5 Å². The number of hydrogen-bond acceptors (Lipinski definition) is 1. The first-order valence-electron chi connectivity index (χ1n) is 4.51. The Morgan fingerprint density at radius 2 is 1.27 bits per heavy atom. The van der Waals surface area contributed by atoms with Gasteiger partial charge in [0.25, 0.3) is 0 Å². The minimum absolute atomic E-state index is 0. The molecule has 0 N–H and O–H groups in total. The number of para-hydroxylation sites is 2. The molecule has 2 aromatic carbocycles. The van der Waals surface area contributed by atoms with Crippen LogP contribution in [0.4, 0.5) is 0 Å². The van der Waals surface area contributed by atoms with Gasteiger partial charge in [-0.25, -0.2) is 0 Å². The van der Waals surface area contributed by atoms with Gasteiger partial charge in [-0.2, -0.15) is 0 Å². The van der Waals surface area contributed by atoms with Crippen LogP contribution in [0.3, 0.4) is 0 Å². The van der Waals surface area contributed by atoms with Gasteiger partial charge in [0, 0.05) is 0 Å². The van der Waals surface area contributed by atoms with Gasteiger partial charge in [0.15, 0.2) is 0 Å². The molecular weight excluding hydrogens is 258 g/mol. The van der Waals surface area contributed by atoms with E-state index in [9.17, 15) is 0 Å². The average Bonchev–Trinajstić information content (AvgIpc) is 2.26. The normalized spacial score (nSPS) is 11.7. The monoisotopic (exact) mass is 267 g/mol. The van der Waals surface area contributed by atoms with Crippen molar-refractivity contribution in [1.82, 2.24) is 0 Å². The van der Waals surface area contributed by atoms with Crippen LogP contribution in [0.1, 0.15) is 1.43 Å². The van der Waals surface area contributed by atoms with Gasteiger partial charge in [0.05, 0.1) is 0 Å². The Balaban J connectivity index is 0.000000640. The van der Waals surface area contributed by atoms with Crippen LogP contribution in [0.25, 0.3) is 0 Å². The first-order valence-corrected chi connectivity index (χ1v) is 6.39. The second kappa shape index (κ2) is 4.76. The molecule has 1 nitrogen and oxygen atoms in total.